The van der Waals surface area contributed by atoms with Crippen LogP contribution in [-0.2, 0) is 11.2 Å². The van der Waals surface area contributed by atoms with Crippen LogP contribution in [0.2, 0.25) is 5.02 Å². The van der Waals surface area contributed by atoms with Crippen molar-refractivity contribution < 1.29 is 14.3 Å². The molecule has 0 bridgehead atoms. The lowest BCUT2D eigenvalue weighted by molar-refractivity contribution is -0.131. The molecule has 0 saturated carbocycles. The van der Waals surface area contributed by atoms with Crippen LogP contribution in [0.5, 0.6) is 11.5 Å². The zero-order valence-electron chi connectivity index (χ0n) is 18.4. The molecule has 0 radical (unpaired) electrons. The van der Waals surface area contributed by atoms with Gasteiger partial charge < -0.3 is 9.47 Å². The van der Waals surface area contributed by atoms with Crippen molar-refractivity contribution in [3.63, 3.8) is 0 Å². The van der Waals surface area contributed by atoms with Crippen molar-refractivity contribution in [3.05, 3.63) is 83.4 Å². The monoisotopic (exact) mass is 444 g/mol. The van der Waals surface area contributed by atoms with Crippen molar-refractivity contribution in [1.82, 2.24) is 0 Å². The van der Waals surface area contributed by atoms with Crippen LogP contribution in [0.25, 0.3) is 33.0 Å². The van der Waals surface area contributed by atoms with Crippen LogP contribution in [0, 0.1) is 0 Å². The van der Waals surface area contributed by atoms with E-state index in [-0.39, 0.29) is 0 Å². The Labute approximate surface area is 193 Å². The van der Waals surface area contributed by atoms with Crippen LogP contribution in [0.3, 0.4) is 0 Å². The van der Waals surface area contributed by atoms with Crippen molar-refractivity contribution in [1.29, 1.82) is 0 Å². The molecule has 0 fully saturated rings. The highest BCUT2D eigenvalue weighted by molar-refractivity contribution is 6.34. The minimum atomic E-state index is -0.411. The number of esters is 1. The lowest BCUT2D eigenvalue weighted by Gasteiger charge is -2.24. The molecule has 4 heteroatoms. The quantitative estimate of drug-likeness (QED) is 0.225. The topological polar surface area (TPSA) is 35.5 Å². The van der Waals surface area contributed by atoms with Crippen molar-refractivity contribution in [2.24, 2.45) is 0 Å². The summed E-state index contributed by atoms with van der Waals surface area (Å²) in [5.74, 6) is 0.820. The average molecular weight is 445 g/mol. The van der Waals surface area contributed by atoms with Gasteiger partial charge in [0.25, 0.3) is 0 Å². The van der Waals surface area contributed by atoms with E-state index in [1.165, 1.54) is 6.92 Å². The smallest absolute Gasteiger partial charge is 0.308 e. The van der Waals surface area contributed by atoms with Crippen LogP contribution in [0.1, 0.15) is 26.3 Å². The predicted molar refractivity (Wildman–Crippen MR) is 132 cm³/mol. The van der Waals surface area contributed by atoms with E-state index in [1.54, 1.807) is 6.07 Å². The molecule has 0 aliphatic heterocycles. The zero-order chi connectivity index (χ0) is 22.7. The number of rotatable bonds is 6. The summed E-state index contributed by atoms with van der Waals surface area (Å²) in [5, 5.41) is 2.14. The second-order valence-corrected chi connectivity index (χ2v) is 7.88. The maximum absolute atomic E-state index is 12.0. The molecule has 162 valence electrons. The van der Waals surface area contributed by atoms with Crippen LogP contribution in [-0.4, -0.2) is 12.6 Å². The molecule has 4 aromatic rings. The van der Waals surface area contributed by atoms with Crippen LogP contribution >= 0.6 is 11.6 Å². The van der Waals surface area contributed by atoms with Gasteiger partial charge in [0.2, 0.25) is 0 Å². The first-order valence-electron chi connectivity index (χ1n) is 10.8. The van der Waals surface area contributed by atoms with Gasteiger partial charge in [0.1, 0.15) is 5.75 Å². The molecule has 0 atom stereocenters. The number of ether oxygens (including phenoxy) is 2. The number of carbonyl (C=O) groups is 1. The molecule has 0 heterocycles. The SMILES string of the molecule is CCOc1c(CC)c(-c2ccccc2)c2c(OC(C)=O)c(Cl)ccc2c1-c1ccccc1. The normalized spacial score (nSPS) is 10.9. The largest absolute Gasteiger partial charge is 0.493 e. The first kappa shape index (κ1) is 21.9. The number of fused-ring (bicyclic) bond motifs is 1. The van der Waals surface area contributed by atoms with E-state index in [1.807, 2.05) is 49.4 Å². The second-order valence-electron chi connectivity index (χ2n) is 7.47. The van der Waals surface area contributed by atoms with Crippen molar-refractivity contribution in [3.8, 4) is 33.8 Å². The molecular formula is C28H25ClO3. The Kier molecular flexibility index (Phi) is 6.48. The highest BCUT2D eigenvalue weighted by Crippen LogP contribution is 2.50. The first-order chi connectivity index (χ1) is 15.6. The fourth-order valence-corrected chi connectivity index (χ4v) is 4.45. The summed E-state index contributed by atoms with van der Waals surface area (Å²) in [5.41, 5.74) is 5.06. The Morgan fingerprint density at radius 1 is 0.812 bits per heavy atom. The molecule has 0 spiro atoms. The molecule has 32 heavy (non-hydrogen) atoms. The summed E-state index contributed by atoms with van der Waals surface area (Å²) >= 11 is 6.59. The molecular weight excluding hydrogens is 420 g/mol. The summed E-state index contributed by atoms with van der Waals surface area (Å²) in [6.07, 6.45) is 0.737. The van der Waals surface area contributed by atoms with Gasteiger partial charge in [-0.25, -0.2) is 0 Å². The molecule has 0 aliphatic rings. The van der Waals surface area contributed by atoms with E-state index in [0.29, 0.717) is 17.4 Å². The lowest BCUT2D eigenvalue weighted by Crippen LogP contribution is -2.06. The summed E-state index contributed by atoms with van der Waals surface area (Å²) in [6.45, 7) is 6.04. The van der Waals surface area contributed by atoms with Crippen LogP contribution < -0.4 is 9.47 Å². The number of carbonyl (C=O) groups excluding carboxylic acids is 1. The van der Waals surface area contributed by atoms with Crippen molar-refractivity contribution in [2.45, 2.75) is 27.2 Å². The predicted octanol–water partition coefficient (Wildman–Crippen LogP) is 7.71. The van der Waals surface area contributed by atoms with E-state index >= 15 is 0 Å². The van der Waals surface area contributed by atoms with Crippen molar-refractivity contribution in [2.75, 3.05) is 6.61 Å². The number of hydrogen-bond acceptors (Lipinski definition) is 3. The average Bonchev–Trinajstić information content (AvgIpc) is 2.81. The van der Waals surface area contributed by atoms with Gasteiger partial charge in [-0.2, -0.15) is 0 Å². The molecule has 4 rings (SSSR count). The summed E-state index contributed by atoms with van der Waals surface area (Å²) < 4.78 is 12.0. The lowest BCUT2D eigenvalue weighted by atomic mass is 9.85. The molecule has 3 nitrogen and oxygen atoms in total. The van der Waals surface area contributed by atoms with Gasteiger partial charge in [0, 0.05) is 29.0 Å². The highest BCUT2D eigenvalue weighted by atomic mass is 35.5. The molecule has 0 aliphatic carbocycles. The third-order valence-electron chi connectivity index (χ3n) is 5.44. The number of benzene rings is 4. The molecule has 0 unspecified atom stereocenters. The van der Waals surface area contributed by atoms with Gasteiger partial charge in [0.15, 0.2) is 5.75 Å². The Balaban J connectivity index is 2.27. The Morgan fingerprint density at radius 2 is 1.41 bits per heavy atom. The van der Waals surface area contributed by atoms with Gasteiger partial charge >= 0.3 is 5.97 Å². The first-order valence-corrected chi connectivity index (χ1v) is 11.2. The van der Waals surface area contributed by atoms with Gasteiger partial charge in [0.05, 0.1) is 11.6 Å². The van der Waals surface area contributed by atoms with E-state index in [2.05, 4.69) is 31.2 Å². The summed E-state index contributed by atoms with van der Waals surface area (Å²) in [6, 6.07) is 24.0. The van der Waals surface area contributed by atoms with Gasteiger partial charge in [-0.15, -0.1) is 0 Å². The Hall–Kier alpha value is -3.30. The van der Waals surface area contributed by atoms with E-state index < -0.39 is 5.97 Å². The fraction of sp³-hybridized carbons (Fsp3) is 0.179. The van der Waals surface area contributed by atoms with Crippen LogP contribution in [0.4, 0.5) is 0 Å². The standard InChI is InChI=1S/C28H25ClO3/c1-4-21-24(19-12-8-6-9-13-19)26-22(16-17-23(29)28(26)32-18(3)30)25(27(21)31-5-2)20-14-10-7-11-15-20/h6-17H,4-5H2,1-3H3. The second kappa shape index (κ2) is 9.46. The molecule has 0 aromatic heterocycles. The third kappa shape index (κ3) is 3.96. The highest BCUT2D eigenvalue weighted by Gasteiger charge is 2.25. The van der Waals surface area contributed by atoms with Gasteiger partial charge in [-0.1, -0.05) is 85.3 Å². The number of halogens is 1. The van der Waals surface area contributed by atoms with Gasteiger partial charge in [-0.3, -0.25) is 4.79 Å². The minimum Gasteiger partial charge on any atom is -0.493 e. The molecule has 0 N–H and O–H groups in total. The number of hydrogen-bond donors (Lipinski definition) is 0. The fourth-order valence-electron chi connectivity index (χ4n) is 4.25. The third-order valence-corrected chi connectivity index (χ3v) is 5.74. The minimum absolute atomic E-state index is 0.380. The van der Waals surface area contributed by atoms with Crippen molar-refractivity contribution >= 4 is 28.3 Å². The summed E-state index contributed by atoms with van der Waals surface area (Å²) in [7, 11) is 0. The molecule has 0 saturated heterocycles. The maximum atomic E-state index is 12.0. The zero-order valence-corrected chi connectivity index (χ0v) is 19.2. The maximum Gasteiger partial charge on any atom is 0.308 e. The molecule has 0 amide bonds. The van der Waals surface area contributed by atoms with E-state index in [4.69, 9.17) is 21.1 Å². The Bertz CT molecular complexity index is 1260. The van der Waals surface area contributed by atoms with E-state index in [9.17, 15) is 4.79 Å². The molecule has 4 aromatic carbocycles. The van der Waals surface area contributed by atoms with Crippen LogP contribution in [0.15, 0.2) is 72.8 Å². The van der Waals surface area contributed by atoms with E-state index in [0.717, 1.165) is 50.8 Å². The Morgan fingerprint density at radius 3 is 1.94 bits per heavy atom. The summed E-state index contributed by atoms with van der Waals surface area (Å²) in [4.78, 5) is 12.0. The van der Waals surface area contributed by atoms with Gasteiger partial charge in [-0.05, 0) is 35.9 Å².